The first kappa shape index (κ1) is 14.9. The lowest BCUT2D eigenvalue weighted by molar-refractivity contribution is 0.128. The van der Waals surface area contributed by atoms with Crippen LogP contribution in [-0.4, -0.2) is 40.4 Å². The van der Waals surface area contributed by atoms with E-state index in [0.717, 1.165) is 47.2 Å². The molecule has 0 aromatic heterocycles. The quantitative estimate of drug-likeness (QED) is 0.847. The van der Waals surface area contributed by atoms with Crippen molar-refractivity contribution < 1.29 is 0 Å². The van der Waals surface area contributed by atoms with E-state index in [4.69, 9.17) is 28.8 Å². The average molecular weight is 322 g/mol. The average Bonchev–Trinajstić information content (AvgIpc) is 2.77. The lowest BCUT2D eigenvalue weighted by Gasteiger charge is -2.39. The van der Waals surface area contributed by atoms with Gasteiger partial charge in [0.15, 0.2) is 0 Å². The molecule has 0 saturated carbocycles. The Balaban J connectivity index is 1.81. The summed E-state index contributed by atoms with van der Waals surface area (Å²) in [5.41, 5.74) is 1.75. The Kier molecular flexibility index (Phi) is 4.04. The number of rotatable bonds is 2. The van der Waals surface area contributed by atoms with Gasteiger partial charge in [0, 0.05) is 42.6 Å². The topological polar surface area (TPSA) is 27.6 Å². The summed E-state index contributed by atoms with van der Waals surface area (Å²) in [5, 5.41) is 4.19. The maximum Gasteiger partial charge on any atom is 0.133 e. The SMILES string of the molecule is CC(C)N1CCC2(CC1)N=C(c1ccc(Cl)cc1)C(=S)N2. The highest BCUT2D eigenvalue weighted by Crippen LogP contribution is 2.30. The van der Waals surface area contributed by atoms with Gasteiger partial charge in [-0.1, -0.05) is 36.0 Å². The van der Waals surface area contributed by atoms with Crippen molar-refractivity contribution in [3.8, 4) is 0 Å². The fourth-order valence-electron chi connectivity index (χ4n) is 3.01. The molecule has 3 rings (SSSR count). The van der Waals surface area contributed by atoms with E-state index in [1.807, 2.05) is 24.3 Å². The Labute approximate surface area is 136 Å². The van der Waals surface area contributed by atoms with Gasteiger partial charge in [-0.2, -0.15) is 0 Å². The Morgan fingerprint density at radius 2 is 1.86 bits per heavy atom. The van der Waals surface area contributed by atoms with E-state index in [1.165, 1.54) is 0 Å². The molecule has 1 spiro atoms. The Bertz CT molecular complexity index is 572. The van der Waals surface area contributed by atoms with Crippen molar-refractivity contribution in [1.29, 1.82) is 0 Å². The van der Waals surface area contributed by atoms with Gasteiger partial charge in [-0.15, -0.1) is 0 Å². The van der Waals surface area contributed by atoms with E-state index < -0.39 is 0 Å². The van der Waals surface area contributed by atoms with Gasteiger partial charge < -0.3 is 10.2 Å². The van der Waals surface area contributed by atoms with Crippen LogP contribution in [-0.2, 0) is 0 Å². The lowest BCUT2D eigenvalue weighted by atomic mass is 9.97. The number of thiocarbonyl (C=S) groups is 1. The van der Waals surface area contributed by atoms with Crippen LogP contribution >= 0.6 is 23.8 Å². The van der Waals surface area contributed by atoms with Crippen LogP contribution in [0.25, 0.3) is 0 Å². The summed E-state index contributed by atoms with van der Waals surface area (Å²) in [6, 6.07) is 8.33. The molecule has 0 amide bonds. The second-order valence-corrected chi connectivity index (χ2v) is 6.93. The van der Waals surface area contributed by atoms with Crippen molar-refractivity contribution in [2.24, 2.45) is 4.99 Å². The van der Waals surface area contributed by atoms with E-state index in [2.05, 4.69) is 24.1 Å². The lowest BCUT2D eigenvalue weighted by Crippen LogP contribution is -2.52. The largest absolute Gasteiger partial charge is 0.350 e. The van der Waals surface area contributed by atoms with Gasteiger partial charge in [-0.25, -0.2) is 0 Å². The molecule has 1 N–H and O–H groups in total. The third-order valence-electron chi connectivity index (χ3n) is 4.36. The molecule has 5 heteroatoms. The monoisotopic (exact) mass is 321 g/mol. The summed E-state index contributed by atoms with van der Waals surface area (Å²) in [7, 11) is 0. The number of benzene rings is 1. The van der Waals surface area contributed by atoms with Gasteiger partial charge in [0.05, 0.1) is 0 Å². The summed E-state index contributed by atoms with van der Waals surface area (Å²) in [6.07, 6.45) is 2.00. The van der Waals surface area contributed by atoms with Crippen molar-refractivity contribution in [1.82, 2.24) is 10.2 Å². The van der Waals surface area contributed by atoms with Gasteiger partial charge in [-0.3, -0.25) is 4.99 Å². The molecule has 0 atom stereocenters. The van der Waals surface area contributed by atoms with Crippen LogP contribution in [0.15, 0.2) is 29.3 Å². The molecule has 21 heavy (non-hydrogen) atoms. The summed E-state index contributed by atoms with van der Waals surface area (Å²) >= 11 is 11.5. The summed E-state index contributed by atoms with van der Waals surface area (Å²) < 4.78 is 0. The van der Waals surface area contributed by atoms with Crippen LogP contribution in [0.3, 0.4) is 0 Å². The molecular formula is C16H20ClN3S. The zero-order chi connectivity index (χ0) is 15.0. The minimum atomic E-state index is -0.197. The molecule has 3 nitrogen and oxygen atoms in total. The molecule has 0 radical (unpaired) electrons. The predicted octanol–water partition coefficient (Wildman–Crippen LogP) is 3.26. The van der Waals surface area contributed by atoms with Crippen LogP contribution in [0.4, 0.5) is 0 Å². The van der Waals surface area contributed by atoms with E-state index in [0.29, 0.717) is 6.04 Å². The van der Waals surface area contributed by atoms with Crippen molar-refractivity contribution in [2.45, 2.75) is 38.4 Å². The molecular weight excluding hydrogens is 302 g/mol. The smallest absolute Gasteiger partial charge is 0.133 e. The van der Waals surface area contributed by atoms with Gasteiger partial charge in [0.25, 0.3) is 0 Å². The number of aliphatic imine (C=N–C) groups is 1. The highest BCUT2D eigenvalue weighted by molar-refractivity contribution is 7.82. The number of nitrogens with one attached hydrogen (secondary N) is 1. The summed E-state index contributed by atoms with van der Waals surface area (Å²) in [5.74, 6) is 0. The first-order valence-electron chi connectivity index (χ1n) is 7.41. The van der Waals surface area contributed by atoms with Crippen molar-refractivity contribution in [2.75, 3.05) is 13.1 Å². The zero-order valence-corrected chi connectivity index (χ0v) is 14.0. The normalized spacial score (nSPS) is 21.7. The number of hydrogen-bond acceptors (Lipinski definition) is 3. The van der Waals surface area contributed by atoms with Crippen molar-refractivity contribution in [3.05, 3.63) is 34.9 Å². The van der Waals surface area contributed by atoms with E-state index in [1.54, 1.807) is 0 Å². The third-order valence-corrected chi connectivity index (χ3v) is 4.91. The summed E-state index contributed by atoms with van der Waals surface area (Å²) in [6.45, 7) is 6.61. The highest BCUT2D eigenvalue weighted by Gasteiger charge is 2.40. The minimum absolute atomic E-state index is 0.197. The molecule has 2 aliphatic rings. The fraction of sp³-hybridized carbons (Fsp3) is 0.500. The molecule has 2 aliphatic heterocycles. The van der Waals surface area contributed by atoms with E-state index in [-0.39, 0.29) is 5.66 Å². The maximum absolute atomic E-state index is 5.95. The van der Waals surface area contributed by atoms with Crippen LogP contribution in [0.5, 0.6) is 0 Å². The van der Waals surface area contributed by atoms with Crippen LogP contribution < -0.4 is 5.32 Å². The van der Waals surface area contributed by atoms with Gasteiger partial charge >= 0.3 is 0 Å². The first-order chi connectivity index (χ1) is 9.99. The molecule has 1 fully saturated rings. The van der Waals surface area contributed by atoms with Crippen LogP contribution in [0, 0.1) is 0 Å². The molecule has 1 saturated heterocycles. The molecule has 1 aromatic carbocycles. The summed E-state index contributed by atoms with van der Waals surface area (Å²) in [4.78, 5) is 8.20. The number of hydrogen-bond donors (Lipinski definition) is 1. The van der Waals surface area contributed by atoms with Gasteiger partial charge in [-0.05, 0) is 26.0 Å². The molecule has 0 unspecified atom stereocenters. The maximum atomic E-state index is 5.95. The highest BCUT2D eigenvalue weighted by atomic mass is 35.5. The van der Waals surface area contributed by atoms with Crippen LogP contribution in [0.2, 0.25) is 5.02 Å². The zero-order valence-electron chi connectivity index (χ0n) is 12.4. The van der Waals surface area contributed by atoms with Gasteiger partial charge in [0.1, 0.15) is 16.4 Å². The van der Waals surface area contributed by atoms with Crippen LogP contribution in [0.1, 0.15) is 32.3 Å². The minimum Gasteiger partial charge on any atom is -0.350 e. The molecule has 0 bridgehead atoms. The second-order valence-electron chi connectivity index (χ2n) is 6.08. The molecule has 1 aromatic rings. The fourth-order valence-corrected chi connectivity index (χ4v) is 3.49. The molecule has 0 aliphatic carbocycles. The Morgan fingerprint density at radius 3 is 2.43 bits per heavy atom. The molecule has 2 heterocycles. The van der Waals surface area contributed by atoms with E-state index >= 15 is 0 Å². The van der Waals surface area contributed by atoms with Gasteiger partial charge in [0.2, 0.25) is 0 Å². The van der Waals surface area contributed by atoms with E-state index in [9.17, 15) is 0 Å². The number of likely N-dealkylation sites (tertiary alicyclic amines) is 1. The number of nitrogens with zero attached hydrogens (tertiary/aromatic N) is 2. The predicted molar refractivity (Wildman–Crippen MR) is 92.4 cm³/mol. The Morgan fingerprint density at radius 1 is 1.24 bits per heavy atom. The third kappa shape index (κ3) is 2.98. The molecule has 112 valence electrons. The standard InChI is InChI=1S/C16H20ClN3S/c1-11(2)20-9-7-16(8-10-20)18-14(15(21)19-16)12-3-5-13(17)6-4-12/h3-6,11H,7-10H2,1-2H3,(H,19,21). The van der Waals surface area contributed by atoms with Crippen molar-refractivity contribution in [3.63, 3.8) is 0 Å². The first-order valence-corrected chi connectivity index (χ1v) is 8.20. The second kappa shape index (κ2) is 5.67. The number of piperidine rings is 1. The number of halogens is 1. The Hall–Kier alpha value is -0.970. The van der Waals surface area contributed by atoms with Crippen molar-refractivity contribution >= 4 is 34.5 Å².